The lowest BCUT2D eigenvalue weighted by atomic mass is 9.86. The van der Waals surface area contributed by atoms with Crippen LogP contribution in [0, 0.1) is 12.8 Å². The Morgan fingerprint density at radius 3 is 2.88 bits per heavy atom. The number of aromatic nitrogens is 2. The molecule has 1 saturated carbocycles. The summed E-state index contributed by atoms with van der Waals surface area (Å²) in [6.45, 7) is 2.88. The van der Waals surface area contributed by atoms with E-state index >= 15 is 0 Å². The minimum absolute atomic E-state index is 0.256. The first-order valence-corrected chi connectivity index (χ1v) is 5.90. The average Bonchev–Trinajstić information content (AvgIpc) is 2.73. The third-order valence-corrected chi connectivity index (χ3v) is 3.13. The monoisotopic (exact) mass is 225 g/mol. The fraction of sp³-hybridized carbons (Fsp3) is 0.818. The predicted octanol–water partition coefficient (Wildman–Crippen LogP) is 1.41. The Morgan fingerprint density at radius 2 is 2.19 bits per heavy atom. The molecule has 1 fully saturated rings. The van der Waals surface area contributed by atoms with Gasteiger partial charge >= 0.3 is 0 Å². The SMILES string of the molecule is Cc1nnc(COC2CCCCC2CN)o1. The van der Waals surface area contributed by atoms with Gasteiger partial charge in [-0.25, -0.2) is 0 Å². The molecule has 1 aliphatic carbocycles. The van der Waals surface area contributed by atoms with E-state index in [0.717, 1.165) is 6.42 Å². The second kappa shape index (κ2) is 5.41. The van der Waals surface area contributed by atoms with Crippen molar-refractivity contribution in [3.63, 3.8) is 0 Å². The van der Waals surface area contributed by atoms with E-state index in [1.54, 1.807) is 6.92 Å². The van der Waals surface area contributed by atoms with Gasteiger partial charge in [0, 0.05) is 6.92 Å². The van der Waals surface area contributed by atoms with Crippen LogP contribution < -0.4 is 5.73 Å². The lowest BCUT2D eigenvalue weighted by Gasteiger charge is -2.30. The van der Waals surface area contributed by atoms with E-state index in [4.69, 9.17) is 14.9 Å². The lowest BCUT2D eigenvalue weighted by molar-refractivity contribution is -0.0265. The minimum Gasteiger partial charge on any atom is -0.423 e. The number of nitrogens with zero attached hydrogens (tertiary/aromatic N) is 2. The minimum atomic E-state index is 0.256. The maximum absolute atomic E-state index is 5.81. The predicted molar refractivity (Wildman–Crippen MR) is 58.6 cm³/mol. The molecule has 0 aromatic carbocycles. The van der Waals surface area contributed by atoms with E-state index in [1.807, 2.05) is 0 Å². The summed E-state index contributed by atoms with van der Waals surface area (Å²) in [7, 11) is 0. The van der Waals surface area contributed by atoms with Gasteiger partial charge in [-0.2, -0.15) is 0 Å². The van der Waals surface area contributed by atoms with Gasteiger partial charge in [0.1, 0.15) is 6.61 Å². The molecular formula is C11H19N3O2. The lowest BCUT2D eigenvalue weighted by Crippen LogP contribution is -2.33. The number of ether oxygens (including phenoxy) is 1. The van der Waals surface area contributed by atoms with Gasteiger partial charge in [-0.05, 0) is 25.3 Å². The van der Waals surface area contributed by atoms with Gasteiger partial charge in [0.15, 0.2) is 0 Å². The summed E-state index contributed by atoms with van der Waals surface area (Å²) >= 11 is 0. The smallest absolute Gasteiger partial charge is 0.242 e. The molecular weight excluding hydrogens is 206 g/mol. The second-order valence-electron chi connectivity index (χ2n) is 4.34. The summed E-state index contributed by atoms with van der Waals surface area (Å²) in [5.74, 6) is 1.62. The number of aryl methyl sites for hydroxylation is 1. The Balaban J connectivity index is 1.84. The highest BCUT2D eigenvalue weighted by Crippen LogP contribution is 2.26. The van der Waals surface area contributed by atoms with E-state index in [-0.39, 0.29) is 6.10 Å². The van der Waals surface area contributed by atoms with Crippen LogP contribution in [0.5, 0.6) is 0 Å². The van der Waals surface area contributed by atoms with Gasteiger partial charge in [-0.15, -0.1) is 10.2 Å². The van der Waals surface area contributed by atoms with Crippen LogP contribution in [-0.4, -0.2) is 22.8 Å². The molecule has 2 rings (SSSR count). The van der Waals surface area contributed by atoms with Gasteiger partial charge in [-0.1, -0.05) is 12.8 Å². The van der Waals surface area contributed by atoms with E-state index in [1.165, 1.54) is 19.3 Å². The molecule has 2 atom stereocenters. The number of nitrogens with two attached hydrogens (primary N) is 1. The maximum atomic E-state index is 5.81. The molecule has 0 aliphatic heterocycles. The van der Waals surface area contributed by atoms with Crippen LogP contribution in [0.4, 0.5) is 0 Å². The first-order chi connectivity index (χ1) is 7.79. The summed E-state index contributed by atoms with van der Waals surface area (Å²) in [6, 6.07) is 0. The molecule has 1 aromatic rings. The molecule has 0 bridgehead atoms. The second-order valence-corrected chi connectivity index (χ2v) is 4.34. The molecule has 2 unspecified atom stereocenters. The van der Waals surface area contributed by atoms with Crippen LogP contribution in [0.3, 0.4) is 0 Å². The Kier molecular flexibility index (Phi) is 3.90. The first kappa shape index (κ1) is 11.5. The summed E-state index contributed by atoms with van der Waals surface area (Å²) in [5.41, 5.74) is 5.74. The highest BCUT2D eigenvalue weighted by molar-refractivity contribution is 4.79. The molecule has 0 amide bonds. The van der Waals surface area contributed by atoms with Crippen LogP contribution in [0.15, 0.2) is 4.42 Å². The van der Waals surface area contributed by atoms with Crippen molar-refractivity contribution in [2.75, 3.05) is 6.54 Å². The van der Waals surface area contributed by atoms with Gasteiger partial charge in [0.25, 0.3) is 0 Å². The van der Waals surface area contributed by atoms with Crippen LogP contribution in [0.2, 0.25) is 0 Å². The van der Waals surface area contributed by atoms with Crippen LogP contribution in [0.25, 0.3) is 0 Å². The zero-order chi connectivity index (χ0) is 11.4. The average molecular weight is 225 g/mol. The van der Waals surface area contributed by atoms with Gasteiger partial charge < -0.3 is 14.9 Å². The van der Waals surface area contributed by atoms with Crippen molar-refractivity contribution in [3.8, 4) is 0 Å². The van der Waals surface area contributed by atoms with Crippen LogP contribution >= 0.6 is 0 Å². The van der Waals surface area contributed by atoms with Gasteiger partial charge in [-0.3, -0.25) is 0 Å². The number of hydrogen-bond donors (Lipinski definition) is 1. The Morgan fingerprint density at radius 1 is 1.38 bits per heavy atom. The molecule has 90 valence electrons. The van der Waals surface area contributed by atoms with E-state index < -0.39 is 0 Å². The quantitative estimate of drug-likeness (QED) is 0.838. The summed E-state index contributed by atoms with van der Waals surface area (Å²) in [5, 5.41) is 7.68. The highest BCUT2D eigenvalue weighted by Gasteiger charge is 2.25. The molecule has 1 aromatic heterocycles. The van der Waals surface area contributed by atoms with Crippen molar-refractivity contribution >= 4 is 0 Å². The highest BCUT2D eigenvalue weighted by atomic mass is 16.5. The van der Waals surface area contributed by atoms with Crippen molar-refractivity contribution in [2.24, 2.45) is 11.7 Å². The molecule has 1 heterocycles. The Bertz CT molecular complexity index is 327. The largest absolute Gasteiger partial charge is 0.423 e. The number of rotatable bonds is 4. The third-order valence-electron chi connectivity index (χ3n) is 3.13. The zero-order valence-electron chi connectivity index (χ0n) is 9.69. The van der Waals surface area contributed by atoms with Gasteiger partial charge in [0.2, 0.25) is 11.8 Å². The normalized spacial score (nSPS) is 25.9. The topological polar surface area (TPSA) is 74.2 Å². The molecule has 5 nitrogen and oxygen atoms in total. The molecule has 16 heavy (non-hydrogen) atoms. The van der Waals surface area contributed by atoms with Crippen molar-refractivity contribution in [2.45, 2.75) is 45.3 Å². The van der Waals surface area contributed by atoms with Crippen molar-refractivity contribution in [1.29, 1.82) is 0 Å². The fourth-order valence-electron chi connectivity index (χ4n) is 2.24. The zero-order valence-corrected chi connectivity index (χ0v) is 9.69. The van der Waals surface area contributed by atoms with Crippen molar-refractivity contribution in [3.05, 3.63) is 11.8 Å². The van der Waals surface area contributed by atoms with Crippen molar-refractivity contribution < 1.29 is 9.15 Å². The standard InChI is InChI=1S/C11H19N3O2/c1-8-13-14-11(16-8)7-15-10-5-3-2-4-9(10)6-12/h9-10H,2-7,12H2,1H3. The van der Waals surface area contributed by atoms with Crippen molar-refractivity contribution in [1.82, 2.24) is 10.2 Å². The van der Waals surface area contributed by atoms with E-state index in [0.29, 0.717) is 30.9 Å². The number of hydrogen-bond acceptors (Lipinski definition) is 5. The van der Waals surface area contributed by atoms with E-state index in [2.05, 4.69) is 10.2 Å². The Labute approximate surface area is 95.4 Å². The first-order valence-electron chi connectivity index (χ1n) is 5.90. The fourth-order valence-corrected chi connectivity index (χ4v) is 2.24. The molecule has 5 heteroatoms. The van der Waals surface area contributed by atoms with E-state index in [9.17, 15) is 0 Å². The van der Waals surface area contributed by atoms with Gasteiger partial charge in [0.05, 0.1) is 6.10 Å². The molecule has 0 saturated heterocycles. The van der Waals surface area contributed by atoms with Crippen LogP contribution in [-0.2, 0) is 11.3 Å². The molecule has 2 N–H and O–H groups in total. The molecule has 0 radical (unpaired) electrons. The molecule has 0 spiro atoms. The summed E-state index contributed by atoms with van der Waals surface area (Å²) < 4.78 is 11.1. The molecule has 1 aliphatic rings. The maximum Gasteiger partial charge on any atom is 0.242 e. The summed E-state index contributed by atoms with van der Waals surface area (Å²) in [6.07, 6.45) is 5.01. The van der Waals surface area contributed by atoms with Crippen LogP contribution in [0.1, 0.15) is 37.5 Å². The summed E-state index contributed by atoms with van der Waals surface area (Å²) in [4.78, 5) is 0. The Hall–Kier alpha value is -0.940. The third kappa shape index (κ3) is 2.80.